The first-order chi connectivity index (χ1) is 14.5. The van der Waals surface area contributed by atoms with Gasteiger partial charge in [0, 0.05) is 23.7 Å². The summed E-state index contributed by atoms with van der Waals surface area (Å²) in [4.78, 5) is 0. The van der Waals surface area contributed by atoms with Crippen molar-refractivity contribution >= 4 is 5.82 Å². The van der Waals surface area contributed by atoms with Crippen LogP contribution >= 0.6 is 0 Å². The Labute approximate surface area is 171 Å². The molecule has 1 aromatic heterocycles. The van der Waals surface area contributed by atoms with Crippen molar-refractivity contribution in [3.8, 4) is 28.4 Å². The largest absolute Gasteiger partial charge is 0.486 e. The lowest BCUT2D eigenvalue weighted by Gasteiger charge is -2.19. The second-order valence-electron chi connectivity index (χ2n) is 7.38. The van der Waals surface area contributed by atoms with Crippen LogP contribution in [0.1, 0.15) is 24.0 Å². The molecule has 5 nitrogen and oxygen atoms in total. The van der Waals surface area contributed by atoms with E-state index in [1.54, 1.807) is 10.7 Å². The molecule has 0 fully saturated rings. The van der Waals surface area contributed by atoms with E-state index in [2.05, 4.69) is 5.32 Å². The van der Waals surface area contributed by atoms with Crippen LogP contribution in [0.5, 0.6) is 11.5 Å². The fourth-order valence-corrected chi connectivity index (χ4v) is 3.93. The highest BCUT2D eigenvalue weighted by Crippen LogP contribution is 2.38. The van der Waals surface area contributed by atoms with Crippen molar-refractivity contribution < 1.29 is 22.6 Å². The quantitative estimate of drug-likeness (QED) is 0.634. The zero-order chi connectivity index (χ0) is 20.7. The third-order valence-corrected chi connectivity index (χ3v) is 5.36. The predicted molar refractivity (Wildman–Crippen MR) is 106 cm³/mol. The van der Waals surface area contributed by atoms with Gasteiger partial charge in [-0.2, -0.15) is 18.3 Å². The minimum atomic E-state index is -4.40. The van der Waals surface area contributed by atoms with Crippen molar-refractivity contribution in [1.29, 1.82) is 0 Å². The summed E-state index contributed by atoms with van der Waals surface area (Å²) < 4.78 is 52.8. The molecule has 30 heavy (non-hydrogen) atoms. The molecule has 0 saturated heterocycles. The lowest BCUT2D eigenvalue weighted by atomic mass is 10.0. The first kappa shape index (κ1) is 18.8. The highest BCUT2D eigenvalue weighted by molar-refractivity contribution is 5.72. The molecule has 3 aromatic rings. The molecular weight excluding hydrogens is 395 g/mol. The van der Waals surface area contributed by atoms with Crippen LogP contribution in [0.2, 0.25) is 0 Å². The first-order valence-electron chi connectivity index (χ1n) is 9.94. The molecule has 2 aliphatic heterocycles. The monoisotopic (exact) mass is 415 g/mol. The molecule has 0 bridgehead atoms. The van der Waals surface area contributed by atoms with Gasteiger partial charge in [0.05, 0.1) is 16.9 Å². The van der Waals surface area contributed by atoms with Crippen molar-refractivity contribution in [2.75, 3.05) is 25.1 Å². The maximum absolute atomic E-state index is 13.3. The Hall–Kier alpha value is -3.16. The summed E-state index contributed by atoms with van der Waals surface area (Å²) in [5, 5.41) is 8.15. The Morgan fingerprint density at radius 3 is 2.63 bits per heavy atom. The zero-order valence-corrected chi connectivity index (χ0v) is 16.1. The second kappa shape index (κ2) is 7.27. The van der Waals surface area contributed by atoms with Gasteiger partial charge in [0.1, 0.15) is 19.0 Å². The molecule has 0 saturated carbocycles. The van der Waals surface area contributed by atoms with Gasteiger partial charge in [0.25, 0.3) is 0 Å². The number of benzene rings is 2. The van der Waals surface area contributed by atoms with Crippen LogP contribution in [-0.2, 0) is 12.6 Å². The van der Waals surface area contributed by atoms with E-state index in [-0.39, 0.29) is 0 Å². The van der Waals surface area contributed by atoms with E-state index in [0.29, 0.717) is 36.0 Å². The first-order valence-corrected chi connectivity index (χ1v) is 9.94. The summed E-state index contributed by atoms with van der Waals surface area (Å²) in [5.41, 5.74) is 2.05. The zero-order valence-electron chi connectivity index (χ0n) is 16.1. The summed E-state index contributed by atoms with van der Waals surface area (Å²) >= 11 is 0. The Balaban J connectivity index is 1.65. The summed E-state index contributed by atoms with van der Waals surface area (Å²) in [6.07, 6.45) is -1.72. The molecule has 3 heterocycles. The smallest absolute Gasteiger partial charge is 0.416 e. The number of rotatable bonds is 2. The average Bonchev–Trinajstić information content (AvgIpc) is 2.94. The van der Waals surface area contributed by atoms with Crippen molar-refractivity contribution in [2.24, 2.45) is 0 Å². The van der Waals surface area contributed by atoms with E-state index in [0.717, 1.165) is 48.9 Å². The van der Waals surface area contributed by atoms with E-state index in [1.165, 1.54) is 12.1 Å². The molecular formula is C22H20F3N3O2. The number of nitrogens with zero attached hydrogens (tertiary/aromatic N) is 2. The number of anilines is 1. The van der Waals surface area contributed by atoms with Gasteiger partial charge in [0.2, 0.25) is 0 Å². The Morgan fingerprint density at radius 1 is 0.967 bits per heavy atom. The SMILES string of the molecule is FC(F)(F)c1cccc(-c2nn(-c3ccc4c(c3)OCCO4)c3c2CCCCN3)c1. The number of nitrogens with one attached hydrogen (secondary N) is 1. The van der Waals surface area contributed by atoms with Gasteiger partial charge in [0.15, 0.2) is 11.5 Å². The molecule has 0 unspecified atom stereocenters. The van der Waals surface area contributed by atoms with Crippen LogP contribution in [0.25, 0.3) is 16.9 Å². The van der Waals surface area contributed by atoms with Crippen LogP contribution in [0.3, 0.4) is 0 Å². The normalized spacial score (nSPS) is 15.8. The molecule has 1 N–H and O–H groups in total. The van der Waals surface area contributed by atoms with Crippen molar-refractivity contribution in [3.05, 3.63) is 53.6 Å². The van der Waals surface area contributed by atoms with Crippen LogP contribution in [0.15, 0.2) is 42.5 Å². The highest BCUT2D eigenvalue weighted by Gasteiger charge is 2.31. The predicted octanol–water partition coefficient (Wildman–Crippen LogP) is 5.08. The van der Waals surface area contributed by atoms with E-state index < -0.39 is 11.7 Å². The average molecular weight is 415 g/mol. The van der Waals surface area contributed by atoms with Crippen molar-refractivity contribution in [1.82, 2.24) is 9.78 Å². The van der Waals surface area contributed by atoms with Gasteiger partial charge < -0.3 is 14.8 Å². The van der Waals surface area contributed by atoms with E-state index in [9.17, 15) is 13.2 Å². The molecule has 2 aliphatic rings. The van der Waals surface area contributed by atoms with Gasteiger partial charge in [-0.25, -0.2) is 4.68 Å². The van der Waals surface area contributed by atoms with E-state index >= 15 is 0 Å². The highest BCUT2D eigenvalue weighted by atomic mass is 19.4. The lowest BCUT2D eigenvalue weighted by molar-refractivity contribution is -0.137. The van der Waals surface area contributed by atoms with Gasteiger partial charge in [-0.1, -0.05) is 12.1 Å². The maximum atomic E-state index is 13.3. The number of fused-ring (bicyclic) bond motifs is 2. The van der Waals surface area contributed by atoms with E-state index in [4.69, 9.17) is 14.6 Å². The van der Waals surface area contributed by atoms with E-state index in [1.807, 2.05) is 18.2 Å². The molecule has 2 aromatic carbocycles. The summed E-state index contributed by atoms with van der Waals surface area (Å²) in [7, 11) is 0. The van der Waals surface area contributed by atoms with Crippen LogP contribution < -0.4 is 14.8 Å². The third-order valence-electron chi connectivity index (χ3n) is 5.36. The standard InChI is InChI=1S/C22H20F3N3O2/c23-22(24,25)15-5-3-4-14(12-15)20-17-6-1-2-9-26-21(17)28(27-20)16-7-8-18-19(13-16)30-11-10-29-18/h3-5,7-8,12-13,26H,1-2,6,9-11H2. The number of halogens is 3. The lowest BCUT2D eigenvalue weighted by Crippen LogP contribution is -2.15. The Kier molecular flexibility index (Phi) is 4.56. The van der Waals surface area contributed by atoms with Crippen molar-refractivity contribution in [3.63, 3.8) is 0 Å². The number of aromatic nitrogens is 2. The fourth-order valence-electron chi connectivity index (χ4n) is 3.93. The van der Waals surface area contributed by atoms with Crippen LogP contribution in [-0.4, -0.2) is 29.5 Å². The number of hydrogen-bond donors (Lipinski definition) is 1. The maximum Gasteiger partial charge on any atom is 0.416 e. The van der Waals surface area contributed by atoms with Gasteiger partial charge in [-0.05, 0) is 43.5 Å². The summed E-state index contributed by atoms with van der Waals surface area (Å²) in [5.74, 6) is 2.13. The van der Waals surface area contributed by atoms with Gasteiger partial charge in [-0.3, -0.25) is 0 Å². The molecule has 0 atom stereocenters. The number of alkyl halides is 3. The molecule has 0 radical (unpaired) electrons. The molecule has 0 aliphatic carbocycles. The van der Waals surface area contributed by atoms with Gasteiger partial charge in [-0.15, -0.1) is 0 Å². The summed E-state index contributed by atoms with van der Waals surface area (Å²) in [6.45, 7) is 1.76. The molecule has 0 amide bonds. The molecule has 0 spiro atoms. The Morgan fingerprint density at radius 2 is 1.80 bits per heavy atom. The number of hydrogen-bond acceptors (Lipinski definition) is 4. The second-order valence-corrected chi connectivity index (χ2v) is 7.38. The summed E-state index contributed by atoms with van der Waals surface area (Å²) in [6, 6.07) is 10.9. The number of ether oxygens (including phenoxy) is 2. The Bertz CT molecular complexity index is 1090. The minimum Gasteiger partial charge on any atom is -0.486 e. The topological polar surface area (TPSA) is 48.3 Å². The van der Waals surface area contributed by atoms with Gasteiger partial charge >= 0.3 is 6.18 Å². The minimum absolute atomic E-state index is 0.459. The van der Waals surface area contributed by atoms with Crippen molar-refractivity contribution in [2.45, 2.75) is 25.4 Å². The third kappa shape index (κ3) is 3.36. The van der Waals surface area contributed by atoms with Crippen LogP contribution in [0.4, 0.5) is 19.0 Å². The molecule has 8 heteroatoms. The molecule has 5 rings (SSSR count). The van der Waals surface area contributed by atoms with Crippen LogP contribution in [0, 0.1) is 0 Å². The molecule has 156 valence electrons. The fraction of sp³-hybridized carbons (Fsp3) is 0.318.